The van der Waals surface area contributed by atoms with Gasteiger partial charge in [-0.3, -0.25) is 4.68 Å². The highest BCUT2D eigenvalue weighted by Gasteiger charge is 2.22. The van der Waals surface area contributed by atoms with Crippen LogP contribution < -0.4 is 4.90 Å². The standard InChI is InChI=1S/C13H19N5O2/c1-17-12-11(8-16-17)13(15-9-14-12)18-4-2-10(3-5-18)20-7-6-19/h8-10,19H,2-7H2,1H3. The van der Waals surface area contributed by atoms with Crippen molar-refractivity contribution in [3.63, 3.8) is 0 Å². The van der Waals surface area contributed by atoms with E-state index in [0.29, 0.717) is 6.61 Å². The Kier molecular flexibility index (Phi) is 3.79. The lowest BCUT2D eigenvalue weighted by molar-refractivity contribution is 0.0158. The summed E-state index contributed by atoms with van der Waals surface area (Å²) in [6, 6.07) is 0. The van der Waals surface area contributed by atoms with Crippen LogP contribution in [0.25, 0.3) is 11.0 Å². The molecule has 108 valence electrons. The Morgan fingerprint density at radius 3 is 2.90 bits per heavy atom. The van der Waals surface area contributed by atoms with Gasteiger partial charge in [0.2, 0.25) is 0 Å². The topological polar surface area (TPSA) is 76.3 Å². The third-order valence-electron chi connectivity index (χ3n) is 3.69. The third kappa shape index (κ3) is 2.46. The first-order valence-corrected chi connectivity index (χ1v) is 6.89. The first-order chi connectivity index (χ1) is 9.79. The minimum absolute atomic E-state index is 0.0857. The van der Waals surface area contributed by atoms with Crippen LogP contribution in [0.2, 0.25) is 0 Å². The molecule has 0 atom stereocenters. The van der Waals surface area contributed by atoms with Crippen LogP contribution in [0.3, 0.4) is 0 Å². The van der Waals surface area contributed by atoms with E-state index in [2.05, 4.69) is 20.0 Å². The Morgan fingerprint density at radius 1 is 1.35 bits per heavy atom. The normalized spacial score (nSPS) is 17.0. The van der Waals surface area contributed by atoms with Crippen LogP contribution in [0.4, 0.5) is 5.82 Å². The minimum atomic E-state index is 0.0857. The van der Waals surface area contributed by atoms with Gasteiger partial charge < -0.3 is 14.7 Å². The van der Waals surface area contributed by atoms with E-state index in [1.54, 1.807) is 11.0 Å². The Hall–Kier alpha value is -1.73. The summed E-state index contributed by atoms with van der Waals surface area (Å²) in [6.07, 6.45) is 5.55. The van der Waals surface area contributed by atoms with Gasteiger partial charge in [-0.25, -0.2) is 9.97 Å². The molecule has 20 heavy (non-hydrogen) atoms. The number of aliphatic hydroxyl groups excluding tert-OH is 1. The van der Waals surface area contributed by atoms with Crippen LogP contribution in [0, 0.1) is 0 Å². The van der Waals surface area contributed by atoms with Gasteiger partial charge in [-0.2, -0.15) is 5.10 Å². The molecule has 1 N–H and O–H groups in total. The predicted molar refractivity (Wildman–Crippen MR) is 74.6 cm³/mol. The Morgan fingerprint density at radius 2 is 2.15 bits per heavy atom. The zero-order valence-corrected chi connectivity index (χ0v) is 11.6. The van der Waals surface area contributed by atoms with Gasteiger partial charge in [-0.05, 0) is 12.8 Å². The van der Waals surface area contributed by atoms with Gasteiger partial charge in [0.1, 0.15) is 12.1 Å². The second-order valence-electron chi connectivity index (χ2n) is 4.98. The number of aliphatic hydroxyl groups is 1. The molecule has 7 nitrogen and oxygen atoms in total. The van der Waals surface area contributed by atoms with Crippen molar-refractivity contribution in [2.75, 3.05) is 31.2 Å². The summed E-state index contributed by atoms with van der Waals surface area (Å²) in [5, 5.41) is 14.0. The molecule has 3 rings (SSSR count). The molecule has 1 aliphatic rings. The first kappa shape index (κ1) is 13.3. The largest absolute Gasteiger partial charge is 0.394 e. The molecule has 1 saturated heterocycles. The Balaban J connectivity index is 1.73. The fraction of sp³-hybridized carbons (Fsp3) is 0.615. The average molecular weight is 277 g/mol. The van der Waals surface area contributed by atoms with Crippen LogP contribution in [0.5, 0.6) is 0 Å². The number of hydrogen-bond donors (Lipinski definition) is 1. The van der Waals surface area contributed by atoms with Crippen molar-refractivity contribution in [3.05, 3.63) is 12.5 Å². The van der Waals surface area contributed by atoms with Crippen LogP contribution in [0.1, 0.15) is 12.8 Å². The number of hydrogen-bond acceptors (Lipinski definition) is 6. The number of rotatable bonds is 4. The highest BCUT2D eigenvalue weighted by Crippen LogP contribution is 2.25. The summed E-state index contributed by atoms with van der Waals surface area (Å²) >= 11 is 0. The summed E-state index contributed by atoms with van der Waals surface area (Å²) in [7, 11) is 1.88. The van der Waals surface area contributed by atoms with Crippen molar-refractivity contribution < 1.29 is 9.84 Å². The van der Waals surface area contributed by atoms with Gasteiger partial charge in [0.25, 0.3) is 0 Å². The molecule has 1 fully saturated rings. The second-order valence-corrected chi connectivity index (χ2v) is 4.98. The van der Waals surface area contributed by atoms with E-state index < -0.39 is 0 Å². The molecule has 2 aromatic heterocycles. The predicted octanol–water partition coefficient (Wildman–Crippen LogP) is 0.341. The molecular formula is C13H19N5O2. The monoisotopic (exact) mass is 277 g/mol. The summed E-state index contributed by atoms with van der Waals surface area (Å²) in [4.78, 5) is 10.9. The van der Waals surface area contributed by atoms with Crippen LogP contribution in [-0.4, -0.2) is 57.3 Å². The zero-order chi connectivity index (χ0) is 13.9. The molecule has 2 aromatic rings. The number of nitrogens with zero attached hydrogens (tertiary/aromatic N) is 5. The lowest BCUT2D eigenvalue weighted by Crippen LogP contribution is -2.38. The van der Waals surface area contributed by atoms with Crippen molar-refractivity contribution in [2.45, 2.75) is 18.9 Å². The zero-order valence-electron chi connectivity index (χ0n) is 11.6. The molecule has 1 aliphatic heterocycles. The molecule has 0 bridgehead atoms. The van der Waals surface area contributed by atoms with Gasteiger partial charge in [0, 0.05) is 20.1 Å². The fourth-order valence-electron chi connectivity index (χ4n) is 2.66. The second kappa shape index (κ2) is 5.72. The molecular weight excluding hydrogens is 258 g/mol. The maximum atomic E-state index is 8.79. The summed E-state index contributed by atoms with van der Waals surface area (Å²) in [5.41, 5.74) is 0.855. The molecule has 0 aromatic carbocycles. The van der Waals surface area contributed by atoms with Gasteiger partial charge in [-0.1, -0.05) is 0 Å². The van der Waals surface area contributed by atoms with E-state index in [0.717, 1.165) is 42.8 Å². The van der Waals surface area contributed by atoms with Gasteiger partial charge in [-0.15, -0.1) is 0 Å². The summed E-state index contributed by atoms with van der Waals surface area (Å²) < 4.78 is 7.34. The van der Waals surface area contributed by atoms with Crippen LogP contribution >= 0.6 is 0 Å². The lowest BCUT2D eigenvalue weighted by atomic mass is 10.1. The van der Waals surface area contributed by atoms with Gasteiger partial charge >= 0.3 is 0 Å². The smallest absolute Gasteiger partial charge is 0.163 e. The molecule has 0 unspecified atom stereocenters. The van der Waals surface area contributed by atoms with Crippen molar-refractivity contribution in [1.29, 1.82) is 0 Å². The molecule has 7 heteroatoms. The number of aryl methyl sites for hydroxylation is 1. The number of piperidine rings is 1. The van der Waals surface area contributed by atoms with Crippen molar-refractivity contribution >= 4 is 16.9 Å². The average Bonchev–Trinajstić information content (AvgIpc) is 2.87. The first-order valence-electron chi connectivity index (χ1n) is 6.89. The number of aromatic nitrogens is 4. The SMILES string of the molecule is Cn1ncc2c(N3CCC(OCCO)CC3)ncnc21. The molecule has 0 saturated carbocycles. The van der Waals surface area contributed by atoms with E-state index in [9.17, 15) is 0 Å². The van der Waals surface area contributed by atoms with E-state index in [-0.39, 0.29) is 12.7 Å². The third-order valence-corrected chi connectivity index (χ3v) is 3.69. The number of anilines is 1. The molecule has 0 radical (unpaired) electrons. The van der Waals surface area contributed by atoms with Crippen LogP contribution in [0.15, 0.2) is 12.5 Å². The van der Waals surface area contributed by atoms with Crippen molar-refractivity contribution in [2.24, 2.45) is 7.05 Å². The lowest BCUT2D eigenvalue weighted by Gasteiger charge is -2.32. The van der Waals surface area contributed by atoms with Crippen molar-refractivity contribution in [1.82, 2.24) is 19.7 Å². The van der Waals surface area contributed by atoms with Crippen LogP contribution in [-0.2, 0) is 11.8 Å². The Bertz CT molecular complexity index is 577. The number of ether oxygens (including phenoxy) is 1. The summed E-state index contributed by atoms with van der Waals surface area (Å²) in [5.74, 6) is 0.948. The van der Waals surface area contributed by atoms with E-state index >= 15 is 0 Å². The van der Waals surface area contributed by atoms with E-state index in [1.165, 1.54) is 0 Å². The Labute approximate surface area is 117 Å². The van der Waals surface area contributed by atoms with Gasteiger partial charge in [0.05, 0.1) is 30.9 Å². The molecule has 0 spiro atoms. The molecule has 3 heterocycles. The number of fused-ring (bicyclic) bond motifs is 1. The molecule has 0 aliphatic carbocycles. The minimum Gasteiger partial charge on any atom is -0.394 e. The highest BCUT2D eigenvalue weighted by atomic mass is 16.5. The highest BCUT2D eigenvalue weighted by molar-refractivity contribution is 5.86. The molecule has 0 amide bonds. The maximum absolute atomic E-state index is 8.79. The summed E-state index contributed by atoms with van der Waals surface area (Å²) in [6.45, 7) is 2.31. The maximum Gasteiger partial charge on any atom is 0.163 e. The fourth-order valence-corrected chi connectivity index (χ4v) is 2.66. The quantitative estimate of drug-likeness (QED) is 0.868. The van der Waals surface area contributed by atoms with E-state index in [4.69, 9.17) is 9.84 Å². The van der Waals surface area contributed by atoms with E-state index in [1.807, 2.05) is 13.2 Å². The van der Waals surface area contributed by atoms with Gasteiger partial charge in [0.15, 0.2) is 5.65 Å². The van der Waals surface area contributed by atoms with Crippen molar-refractivity contribution in [3.8, 4) is 0 Å².